The lowest BCUT2D eigenvalue weighted by Gasteiger charge is -2.33. The summed E-state index contributed by atoms with van der Waals surface area (Å²) in [6, 6.07) is 21.6. The van der Waals surface area contributed by atoms with Crippen LogP contribution in [0.3, 0.4) is 0 Å². The third kappa shape index (κ3) is 3.36. The van der Waals surface area contributed by atoms with Crippen LogP contribution in [0.5, 0.6) is 11.5 Å². The second kappa shape index (κ2) is 7.55. The van der Waals surface area contributed by atoms with E-state index >= 15 is 0 Å². The molecule has 1 heterocycles. The summed E-state index contributed by atoms with van der Waals surface area (Å²) in [6.07, 6.45) is -0.352. The Morgan fingerprint density at radius 3 is 2.48 bits per heavy atom. The van der Waals surface area contributed by atoms with Crippen LogP contribution in [0, 0.1) is 0 Å². The first-order valence-electron chi connectivity index (χ1n) is 8.68. The molecule has 1 aliphatic rings. The third-order valence-corrected chi connectivity index (χ3v) is 4.91. The van der Waals surface area contributed by atoms with Crippen molar-refractivity contribution in [3.63, 3.8) is 0 Å². The molecule has 1 unspecified atom stereocenters. The van der Waals surface area contributed by atoms with Gasteiger partial charge in [-0.05, 0) is 29.7 Å². The van der Waals surface area contributed by atoms with Crippen molar-refractivity contribution in [1.82, 2.24) is 0 Å². The number of ether oxygens (including phenoxy) is 2. The number of nitrogens with one attached hydrogen (secondary N) is 1. The molecule has 136 valence electrons. The normalized spacial score (nSPS) is 15.7. The van der Waals surface area contributed by atoms with E-state index in [9.17, 15) is 0 Å². The van der Waals surface area contributed by atoms with Gasteiger partial charge in [-0.25, -0.2) is 0 Å². The summed E-state index contributed by atoms with van der Waals surface area (Å²) in [5.41, 5.74) is 3.88. The number of benzene rings is 3. The minimum Gasteiger partial charge on any atom is -0.493 e. The Kier molecular flexibility index (Phi) is 4.97. The van der Waals surface area contributed by atoms with E-state index < -0.39 is 0 Å². The van der Waals surface area contributed by atoms with Gasteiger partial charge in [0, 0.05) is 21.8 Å². The largest absolute Gasteiger partial charge is 0.493 e. The minimum atomic E-state index is -0.352. The van der Waals surface area contributed by atoms with Crippen molar-refractivity contribution >= 4 is 29.8 Å². The van der Waals surface area contributed by atoms with Gasteiger partial charge in [0.15, 0.2) is 11.5 Å². The maximum Gasteiger partial charge on any atom is 0.450 e. The molecule has 0 saturated carbocycles. The second-order valence-electron chi connectivity index (χ2n) is 6.27. The van der Waals surface area contributed by atoms with E-state index in [2.05, 4.69) is 5.23 Å². The van der Waals surface area contributed by atoms with Crippen LogP contribution in [0.4, 0.5) is 5.69 Å². The Bertz CT molecular complexity index is 951. The van der Waals surface area contributed by atoms with Crippen LogP contribution in [-0.4, -0.2) is 21.3 Å². The van der Waals surface area contributed by atoms with Crippen LogP contribution in [0.15, 0.2) is 66.7 Å². The standard InChI is InChI=1S/C21H19BClNO3/c1-25-19-10-6-9-16(21(19)26-2)20-17-13-15(23)11-12-18(17)24-22(27-20)14-7-4-3-5-8-14/h3-13,20,24H,1-2H3. The van der Waals surface area contributed by atoms with Crippen LogP contribution >= 0.6 is 11.6 Å². The zero-order chi connectivity index (χ0) is 18.8. The van der Waals surface area contributed by atoms with Crippen LogP contribution in [0.1, 0.15) is 17.2 Å². The number of anilines is 1. The van der Waals surface area contributed by atoms with Crippen molar-refractivity contribution in [3.8, 4) is 11.5 Å². The third-order valence-electron chi connectivity index (χ3n) is 4.67. The predicted molar refractivity (Wildman–Crippen MR) is 109 cm³/mol. The first kappa shape index (κ1) is 17.8. The molecule has 1 aliphatic heterocycles. The molecule has 6 heteroatoms. The van der Waals surface area contributed by atoms with Gasteiger partial charge in [-0.15, -0.1) is 0 Å². The highest BCUT2D eigenvalue weighted by molar-refractivity contribution is 6.70. The Morgan fingerprint density at radius 2 is 1.74 bits per heavy atom. The van der Waals surface area contributed by atoms with Crippen LogP contribution < -0.4 is 20.2 Å². The molecule has 4 rings (SSSR count). The smallest absolute Gasteiger partial charge is 0.450 e. The summed E-state index contributed by atoms with van der Waals surface area (Å²) in [7, 11) is 2.97. The Balaban J connectivity index is 1.85. The molecular formula is C21H19BClNO3. The molecule has 0 saturated heterocycles. The van der Waals surface area contributed by atoms with E-state index in [4.69, 9.17) is 25.7 Å². The summed E-state index contributed by atoms with van der Waals surface area (Å²) in [5, 5.41) is 4.11. The lowest BCUT2D eigenvalue weighted by Crippen LogP contribution is -2.45. The summed E-state index contributed by atoms with van der Waals surface area (Å²) in [4.78, 5) is 0. The number of halogens is 1. The molecule has 27 heavy (non-hydrogen) atoms. The lowest BCUT2D eigenvalue weighted by atomic mass is 9.70. The highest BCUT2D eigenvalue weighted by atomic mass is 35.5. The summed E-state index contributed by atoms with van der Waals surface area (Å²) >= 11 is 6.28. The Hall–Kier alpha value is -2.63. The van der Waals surface area contributed by atoms with Crippen molar-refractivity contribution in [2.24, 2.45) is 0 Å². The molecule has 0 amide bonds. The number of rotatable bonds is 4. The van der Waals surface area contributed by atoms with Crippen LogP contribution in [0.2, 0.25) is 5.02 Å². The lowest BCUT2D eigenvalue weighted by molar-refractivity contribution is 0.241. The van der Waals surface area contributed by atoms with E-state index in [0.29, 0.717) is 16.5 Å². The van der Waals surface area contributed by atoms with Gasteiger partial charge >= 0.3 is 7.05 Å². The molecule has 1 atom stereocenters. The molecule has 3 aromatic rings. The molecule has 1 N–H and O–H groups in total. The zero-order valence-corrected chi connectivity index (χ0v) is 15.9. The van der Waals surface area contributed by atoms with Gasteiger partial charge in [0.1, 0.15) is 0 Å². The molecule has 0 aromatic heterocycles. The second-order valence-corrected chi connectivity index (χ2v) is 6.70. The number of fused-ring (bicyclic) bond motifs is 1. The number of hydrogen-bond acceptors (Lipinski definition) is 4. The topological polar surface area (TPSA) is 39.7 Å². The molecule has 0 radical (unpaired) electrons. The highest BCUT2D eigenvalue weighted by Gasteiger charge is 2.35. The molecule has 0 aliphatic carbocycles. The first-order chi connectivity index (χ1) is 13.2. The van der Waals surface area contributed by atoms with Gasteiger partial charge in [-0.3, -0.25) is 0 Å². The van der Waals surface area contributed by atoms with E-state index in [1.807, 2.05) is 66.7 Å². The molecule has 0 fully saturated rings. The number of para-hydroxylation sites is 1. The van der Waals surface area contributed by atoms with Crippen molar-refractivity contribution in [2.75, 3.05) is 19.4 Å². The predicted octanol–water partition coefficient (Wildman–Crippen LogP) is 4.28. The van der Waals surface area contributed by atoms with Crippen molar-refractivity contribution in [1.29, 1.82) is 0 Å². The molecule has 0 bridgehead atoms. The monoisotopic (exact) mass is 379 g/mol. The average molecular weight is 380 g/mol. The van der Waals surface area contributed by atoms with Gasteiger partial charge in [0.25, 0.3) is 0 Å². The van der Waals surface area contributed by atoms with E-state index in [1.54, 1.807) is 14.2 Å². The van der Waals surface area contributed by atoms with Crippen molar-refractivity contribution < 1.29 is 14.1 Å². The van der Waals surface area contributed by atoms with Crippen LogP contribution in [0.25, 0.3) is 0 Å². The molecule has 3 aromatic carbocycles. The van der Waals surface area contributed by atoms with E-state index in [1.165, 1.54) is 0 Å². The number of hydrogen-bond donors (Lipinski definition) is 1. The van der Waals surface area contributed by atoms with Crippen molar-refractivity contribution in [2.45, 2.75) is 6.10 Å². The number of methoxy groups -OCH3 is 2. The van der Waals surface area contributed by atoms with Gasteiger partial charge < -0.3 is 19.4 Å². The fourth-order valence-electron chi connectivity index (χ4n) is 3.42. The fourth-order valence-corrected chi connectivity index (χ4v) is 3.60. The zero-order valence-electron chi connectivity index (χ0n) is 15.1. The van der Waals surface area contributed by atoms with Crippen molar-refractivity contribution in [3.05, 3.63) is 82.9 Å². The average Bonchev–Trinajstić information content (AvgIpc) is 2.73. The minimum absolute atomic E-state index is 0.291. The van der Waals surface area contributed by atoms with E-state index in [-0.39, 0.29) is 13.2 Å². The Labute approximate surface area is 164 Å². The van der Waals surface area contributed by atoms with E-state index in [0.717, 1.165) is 22.3 Å². The Morgan fingerprint density at radius 1 is 0.926 bits per heavy atom. The van der Waals surface area contributed by atoms with Gasteiger partial charge in [-0.2, -0.15) is 0 Å². The SMILES string of the molecule is COc1cccc(C2OB(c3ccccc3)Nc3ccc(Cl)cc32)c1OC. The maximum absolute atomic E-state index is 6.48. The first-order valence-corrected chi connectivity index (χ1v) is 9.06. The molecule has 0 spiro atoms. The van der Waals surface area contributed by atoms with Crippen LogP contribution in [-0.2, 0) is 4.65 Å². The maximum atomic E-state index is 6.48. The quantitative estimate of drug-likeness (QED) is 0.687. The van der Waals surface area contributed by atoms with Gasteiger partial charge in [0.05, 0.1) is 20.3 Å². The fraction of sp³-hybridized carbons (Fsp3) is 0.143. The molecule has 4 nitrogen and oxygen atoms in total. The van der Waals surface area contributed by atoms with Gasteiger partial charge in [0.2, 0.25) is 0 Å². The summed E-state index contributed by atoms with van der Waals surface area (Å²) in [5.74, 6) is 1.32. The van der Waals surface area contributed by atoms with Gasteiger partial charge in [-0.1, -0.05) is 54.1 Å². The highest BCUT2D eigenvalue weighted by Crippen LogP contribution is 2.43. The summed E-state index contributed by atoms with van der Waals surface area (Å²) < 4.78 is 17.6. The molecular weight excluding hydrogens is 361 g/mol. The summed E-state index contributed by atoms with van der Waals surface area (Å²) in [6.45, 7) is 0.